The molecule has 0 aliphatic rings. The molecule has 1 N–H and O–H groups in total. The second-order valence-corrected chi connectivity index (χ2v) is 9.20. The summed E-state index contributed by atoms with van der Waals surface area (Å²) in [7, 11) is 0. The Balaban J connectivity index is 2.77. The molecule has 31 heavy (non-hydrogen) atoms. The van der Waals surface area contributed by atoms with E-state index in [1.54, 1.807) is 6.08 Å². The van der Waals surface area contributed by atoms with Crippen LogP contribution in [-0.4, -0.2) is 66.0 Å². The van der Waals surface area contributed by atoms with E-state index in [1.807, 2.05) is 30.3 Å². The highest BCUT2D eigenvalue weighted by Crippen LogP contribution is 2.17. The van der Waals surface area contributed by atoms with Gasteiger partial charge in [-0.25, -0.2) is 4.79 Å². The molecule has 172 valence electrons. The zero-order valence-electron chi connectivity index (χ0n) is 17.7. The number of rotatable bonds is 16. The number of halogens is 1. The van der Waals surface area contributed by atoms with Gasteiger partial charge in [-0.15, -0.1) is 18.2 Å². The summed E-state index contributed by atoms with van der Waals surface area (Å²) in [5, 5.41) is 2.76. The quantitative estimate of drug-likeness (QED) is 0.166. The Bertz CT molecular complexity index is 690. The molecule has 0 bridgehead atoms. The molecule has 0 aromatic heterocycles. The Morgan fingerprint density at radius 1 is 1.16 bits per heavy atom. The highest BCUT2D eigenvalue weighted by atomic mass is 35.5. The molecule has 1 rings (SSSR count). The highest BCUT2D eigenvalue weighted by Gasteiger charge is 2.27. The van der Waals surface area contributed by atoms with Crippen LogP contribution >= 0.6 is 35.1 Å². The number of alkyl halides is 1. The monoisotopic (exact) mass is 487 g/mol. The maximum absolute atomic E-state index is 13.0. The Morgan fingerprint density at radius 2 is 1.90 bits per heavy atom. The van der Waals surface area contributed by atoms with E-state index in [0.29, 0.717) is 36.2 Å². The van der Waals surface area contributed by atoms with Crippen molar-refractivity contribution in [1.29, 1.82) is 0 Å². The minimum Gasteiger partial charge on any atom is -0.462 e. The molecule has 0 aliphatic heterocycles. The summed E-state index contributed by atoms with van der Waals surface area (Å²) < 4.78 is 10.5. The van der Waals surface area contributed by atoms with Gasteiger partial charge in [-0.1, -0.05) is 48.2 Å². The molecule has 1 aromatic carbocycles. The Labute approximate surface area is 197 Å². The van der Waals surface area contributed by atoms with Gasteiger partial charge in [0.15, 0.2) is 5.12 Å². The third-order valence-corrected chi connectivity index (χ3v) is 6.17. The first-order chi connectivity index (χ1) is 15.0. The van der Waals surface area contributed by atoms with Crippen LogP contribution in [0.1, 0.15) is 12.5 Å². The molecule has 0 radical (unpaired) electrons. The molecule has 0 fully saturated rings. The zero-order chi connectivity index (χ0) is 22.9. The van der Waals surface area contributed by atoms with E-state index in [0.717, 1.165) is 17.3 Å². The van der Waals surface area contributed by atoms with Gasteiger partial charge in [0.25, 0.3) is 0 Å². The number of amides is 1. The summed E-state index contributed by atoms with van der Waals surface area (Å²) in [6, 6.07) is 8.78. The lowest BCUT2D eigenvalue weighted by Crippen LogP contribution is -2.47. The van der Waals surface area contributed by atoms with Gasteiger partial charge < -0.3 is 14.8 Å². The van der Waals surface area contributed by atoms with Crippen LogP contribution in [0, 0.1) is 5.92 Å². The summed E-state index contributed by atoms with van der Waals surface area (Å²) in [6.07, 6.45) is 2.21. The SMILES string of the molecule is C=CCSC[C@H](NC(=O)C(CSC(C)=O)Cc1ccccc1)C(=O)OCCOCCCl. The number of nitrogens with one attached hydrogen (secondary N) is 1. The number of hydrogen-bond donors (Lipinski definition) is 1. The predicted octanol–water partition coefficient (Wildman–Crippen LogP) is 3.33. The van der Waals surface area contributed by atoms with Crippen LogP contribution in [0.3, 0.4) is 0 Å². The molecular weight excluding hydrogens is 458 g/mol. The molecule has 0 saturated carbocycles. The largest absolute Gasteiger partial charge is 0.462 e. The summed E-state index contributed by atoms with van der Waals surface area (Å²) in [6.45, 7) is 5.85. The second-order valence-electron chi connectivity index (χ2n) is 6.55. The lowest BCUT2D eigenvalue weighted by Gasteiger charge is -2.21. The van der Waals surface area contributed by atoms with Gasteiger partial charge in [0, 0.05) is 30.1 Å². The van der Waals surface area contributed by atoms with E-state index in [2.05, 4.69) is 11.9 Å². The second kappa shape index (κ2) is 17.1. The third kappa shape index (κ3) is 12.8. The van der Waals surface area contributed by atoms with Gasteiger partial charge in [-0.3, -0.25) is 9.59 Å². The number of carbonyl (C=O) groups is 3. The van der Waals surface area contributed by atoms with Crippen LogP contribution in [0.15, 0.2) is 43.0 Å². The maximum Gasteiger partial charge on any atom is 0.329 e. The highest BCUT2D eigenvalue weighted by molar-refractivity contribution is 8.13. The molecule has 9 heteroatoms. The maximum atomic E-state index is 13.0. The van der Waals surface area contributed by atoms with Crippen LogP contribution in [0.4, 0.5) is 0 Å². The van der Waals surface area contributed by atoms with Crippen molar-refractivity contribution in [2.45, 2.75) is 19.4 Å². The van der Waals surface area contributed by atoms with Gasteiger partial charge in [0.05, 0.1) is 19.1 Å². The number of benzene rings is 1. The summed E-state index contributed by atoms with van der Waals surface area (Å²) in [4.78, 5) is 37.0. The molecule has 0 spiro atoms. The van der Waals surface area contributed by atoms with Gasteiger partial charge in [0.1, 0.15) is 12.6 Å². The fraction of sp³-hybridized carbons (Fsp3) is 0.500. The molecule has 2 atom stereocenters. The Hall–Kier alpha value is -1.48. The molecule has 0 heterocycles. The molecule has 1 amide bonds. The van der Waals surface area contributed by atoms with Crippen molar-refractivity contribution in [1.82, 2.24) is 5.32 Å². The van der Waals surface area contributed by atoms with E-state index in [9.17, 15) is 14.4 Å². The molecule has 0 aliphatic carbocycles. The molecule has 6 nitrogen and oxygen atoms in total. The Morgan fingerprint density at radius 3 is 2.55 bits per heavy atom. The smallest absolute Gasteiger partial charge is 0.329 e. The van der Waals surface area contributed by atoms with Crippen molar-refractivity contribution in [3.63, 3.8) is 0 Å². The van der Waals surface area contributed by atoms with E-state index in [-0.39, 0.29) is 24.2 Å². The average molecular weight is 488 g/mol. The van der Waals surface area contributed by atoms with E-state index in [4.69, 9.17) is 21.1 Å². The first-order valence-corrected chi connectivity index (χ1v) is 12.6. The third-order valence-electron chi connectivity index (χ3n) is 4.00. The van der Waals surface area contributed by atoms with Crippen LogP contribution in [-0.2, 0) is 30.3 Å². The fourth-order valence-corrected chi connectivity index (χ4v) is 4.10. The van der Waals surface area contributed by atoms with E-state index < -0.39 is 17.9 Å². The number of carbonyl (C=O) groups excluding carboxylic acids is 3. The van der Waals surface area contributed by atoms with Crippen LogP contribution in [0.2, 0.25) is 0 Å². The van der Waals surface area contributed by atoms with Crippen molar-refractivity contribution in [3.8, 4) is 0 Å². The molecular formula is C22H30ClNO5S2. The normalized spacial score (nSPS) is 12.6. The van der Waals surface area contributed by atoms with Gasteiger partial charge in [-0.2, -0.15) is 11.8 Å². The molecule has 0 saturated heterocycles. The van der Waals surface area contributed by atoms with Gasteiger partial charge in [-0.05, 0) is 12.0 Å². The summed E-state index contributed by atoms with van der Waals surface area (Å²) in [5.41, 5.74) is 0.989. The summed E-state index contributed by atoms with van der Waals surface area (Å²) >= 11 is 8.12. The van der Waals surface area contributed by atoms with Crippen LogP contribution in [0.5, 0.6) is 0 Å². The predicted molar refractivity (Wildman–Crippen MR) is 129 cm³/mol. The fourth-order valence-electron chi connectivity index (χ4n) is 2.53. The van der Waals surface area contributed by atoms with Crippen molar-refractivity contribution in [2.24, 2.45) is 5.92 Å². The van der Waals surface area contributed by atoms with Gasteiger partial charge >= 0.3 is 5.97 Å². The first kappa shape index (κ1) is 27.6. The van der Waals surface area contributed by atoms with Crippen molar-refractivity contribution in [2.75, 3.05) is 43.0 Å². The van der Waals surface area contributed by atoms with Crippen LogP contribution < -0.4 is 5.32 Å². The van der Waals surface area contributed by atoms with Crippen molar-refractivity contribution >= 4 is 52.1 Å². The zero-order valence-corrected chi connectivity index (χ0v) is 20.1. The number of esters is 1. The van der Waals surface area contributed by atoms with E-state index in [1.165, 1.54) is 18.7 Å². The minimum atomic E-state index is -0.800. The topological polar surface area (TPSA) is 81.7 Å². The molecule has 1 aromatic rings. The first-order valence-electron chi connectivity index (χ1n) is 9.94. The standard InChI is InChI=1S/C22H30ClNO5S2/c1-3-13-30-16-20(22(27)29-12-11-28-10-9-23)24-21(26)19(15-31-17(2)25)14-18-7-5-4-6-8-18/h3-8,19-20H,1,9-16H2,2H3,(H,24,26)/t19?,20-/m0/s1. The van der Waals surface area contributed by atoms with Crippen molar-refractivity contribution in [3.05, 3.63) is 48.6 Å². The minimum absolute atomic E-state index is 0.0553. The number of thioether (sulfide) groups is 2. The number of hydrogen-bond acceptors (Lipinski definition) is 7. The van der Waals surface area contributed by atoms with Gasteiger partial charge in [0.2, 0.25) is 5.91 Å². The van der Waals surface area contributed by atoms with E-state index >= 15 is 0 Å². The lowest BCUT2D eigenvalue weighted by molar-refractivity contribution is -0.148. The average Bonchev–Trinajstić information content (AvgIpc) is 2.76. The van der Waals surface area contributed by atoms with Crippen molar-refractivity contribution < 1.29 is 23.9 Å². The van der Waals surface area contributed by atoms with Crippen LogP contribution in [0.25, 0.3) is 0 Å². The summed E-state index contributed by atoms with van der Waals surface area (Å²) in [5.74, 6) is 0.455. The number of ether oxygens (including phenoxy) is 2. The Kier molecular flexibility index (Phi) is 15.2. The molecule has 1 unspecified atom stereocenters. The lowest BCUT2D eigenvalue weighted by atomic mass is 10.00.